The first-order valence-electron chi connectivity index (χ1n) is 6.40. The standard InChI is InChI=1S/C14H17N3O2/c18-13-9-16(10-14(13)19)7-11-6-15-17(8-11)12-4-2-1-3-5-12/h1-6,8,13-14,18-19H,7,9-10H2. The Kier molecular flexibility index (Phi) is 3.33. The number of rotatable bonds is 3. The number of likely N-dealkylation sites (tertiary alicyclic amines) is 1. The maximum absolute atomic E-state index is 9.52. The fourth-order valence-corrected chi connectivity index (χ4v) is 2.40. The zero-order chi connectivity index (χ0) is 13.2. The highest BCUT2D eigenvalue weighted by Gasteiger charge is 2.29. The summed E-state index contributed by atoms with van der Waals surface area (Å²) >= 11 is 0. The molecule has 5 heteroatoms. The summed E-state index contributed by atoms with van der Waals surface area (Å²) in [5.41, 5.74) is 2.10. The summed E-state index contributed by atoms with van der Waals surface area (Å²) in [4.78, 5) is 2.03. The molecule has 5 nitrogen and oxygen atoms in total. The molecule has 2 N–H and O–H groups in total. The molecule has 1 saturated heterocycles. The first-order chi connectivity index (χ1) is 9.22. The molecule has 3 rings (SSSR count). The molecule has 1 fully saturated rings. The number of aromatic nitrogens is 2. The zero-order valence-electron chi connectivity index (χ0n) is 10.6. The van der Waals surface area contributed by atoms with Crippen molar-refractivity contribution >= 4 is 0 Å². The number of aliphatic hydroxyl groups excluding tert-OH is 2. The van der Waals surface area contributed by atoms with Gasteiger partial charge in [-0.15, -0.1) is 0 Å². The molecule has 2 unspecified atom stereocenters. The molecule has 1 aliphatic rings. The summed E-state index contributed by atoms with van der Waals surface area (Å²) in [5.74, 6) is 0. The SMILES string of the molecule is OC1CN(Cc2cnn(-c3ccccc3)c2)CC1O. The van der Waals surface area contributed by atoms with Crippen LogP contribution in [0.4, 0.5) is 0 Å². The van der Waals surface area contributed by atoms with Gasteiger partial charge in [0.2, 0.25) is 0 Å². The van der Waals surface area contributed by atoms with Crippen LogP contribution in [-0.4, -0.2) is 50.2 Å². The number of para-hydroxylation sites is 1. The van der Waals surface area contributed by atoms with Crippen molar-refractivity contribution < 1.29 is 10.2 Å². The van der Waals surface area contributed by atoms with Crippen molar-refractivity contribution in [1.29, 1.82) is 0 Å². The molecule has 1 aliphatic heterocycles. The fraction of sp³-hybridized carbons (Fsp3) is 0.357. The van der Waals surface area contributed by atoms with Gasteiger partial charge in [-0.3, -0.25) is 4.90 Å². The van der Waals surface area contributed by atoms with Crippen LogP contribution in [-0.2, 0) is 6.54 Å². The third-order valence-electron chi connectivity index (χ3n) is 3.40. The van der Waals surface area contributed by atoms with Crippen molar-refractivity contribution in [3.05, 3.63) is 48.3 Å². The molecular formula is C14H17N3O2. The van der Waals surface area contributed by atoms with Gasteiger partial charge in [0.15, 0.2) is 0 Å². The van der Waals surface area contributed by atoms with Gasteiger partial charge in [-0.05, 0) is 12.1 Å². The second kappa shape index (κ2) is 5.13. The van der Waals surface area contributed by atoms with Crippen molar-refractivity contribution in [3.8, 4) is 5.69 Å². The summed E-state index contributed by atoms with van der Waals surface area (Å²) in [6, 6.07) is 9.93. The average Bonchev–Trinajstić information content (AvgIpc) is 2.99. The van der Waals surface area contributed by atoms with Crippen molar-refractivity contribution in [2.24, 2.45) is 0 Å². The maximum atomic E-state index is 9.52. The van der Waals surface area contributed by atoms with Crippen molar-refractivity contribution in [2.75, 3.05) is 13.1 Å². The molecule has 0 amide bonds. The van der Waals surface area contributed by atoms with Crippen LogP contribution in [0.25, 0.3) is 5.69 Å². The van der Waals surface area contributed by atoms with Crippen LogP contribution < -0.4 is 0 Å². The molecule has 0 saturated carbocycles. The Balaban J connectivity index is 1.69. The van der Waals surface area contributed by atoms with E-state index in [1.165, 1.54) is 0 Å². The molecule has 0 bridgehead atoms. The molecule has 2 heterocycles. The largest absolute Gasteiger partial charge is 0.389 e. The van der Waals surface area contributed by atoms with Gasteiger partial charge < -0.3 is 10.2 Å². The molecule has 2 aromatic rings. The quantitative estimate of drug-likeness (QED) is 0.838. The second-order valence-corrected chi connectivity index (χ2v) is 4.96. The number of benzene rings is 1. The fourth-order valence-electron chi connectivity index (χ4n) is 2.40. The van der Waals surface area contributed by atoms with Crippen LogP contribution in [0.5, 0.6) is 0 Å². The monoisotopic (exact) mass is 259 g/mol. The predicted molar refractivity (Wildman–Crippen MR) is 70.9 cm³/mol. The molecule has 2 atom stereocenters. The Hall–Kier alpha value is -1.69. The van der Waals surface area contributed by atoms with Gasteiger partial charge in [-0.25, -0.2) is 4.68 Å². The van der Waals surface area contributed by atoms with E-state index in [0.717, 1.165) is 11.3 Å². The Labute approximate surface area is 111 Å². The highest BCUT2D eigenvalue weighted by molar-refractivity contribution is 5.30. The van der Waals surface area contributed by atoms with Gasteiger partial charge in [-0.2, -0.15) is 5.10 Å². The summed E-state index contributed by atoms with van der Waals surface area (Å²) in [7, 11) is 0. The Morgan fingerprint density at radius 2 is 1.79 bits per heavy atom. The van der Waals surface area contributed by atoms with E-state index in [1.54, 1.807) is 0 Å². The Morgan fingerprint density at radius 1 is 1.11 bits per heavy atom. The van der Waals surface area contributed by atoms with E-state index >= 15 is 0 Å². The summed E-state index contributed by atoms with van der Waals surface area (Å²) in [6.07, 6.45) is 2.53. The van der Waals surface area contributed by atoms with Gasteiger partial charge in [0.05, 0.1) is 24.1 Å². The highest BCUT2D eigenvalue weighted by atomic mass is 16.3. The zero-order valence-corrected chi connectivity index (χ0v) is 10.6. The molecule has 0 spiro atoms. The van der Waals surface area contributed by atoms with Crippen molar-refractivity contribution in [2.45, 2.75) is 18.8 Å². The topological polar surface area (TPSA) is 61.5 Å². The lowest BCUT2D eigenvalue weighted by Gasteiger charge is -2.12. The van der Waals surface area contributed by atoms with E-state index in [9.17, 15) is 10.2 Å². The molecule has 19 heavy (non-hydrogen) atoms. The van der Waals surface area contributed by atoms with E-state index in [2.05, 4.69) is 5.10 Å². The predicted octanol–water partition coefficient (Wildman–Crippen LogP) is 0.410. The minimum atomic E-state index is -0.635. The third-order valence-corrected chi connectivity index (χ3v) is 3.40. The molecular weight excluding hydrogens is 242 g/mol. The first kappa shape index (κ1) is 12.3. The van der Waals surface area contributed by atoms with Crippen LogP contribution in [0.3, 0.4) is 0 Å². The minimum Gasteiger partial charge on any atom is -0.389 e. The van der Waals surface area contributed by atoms with E-state index in [4.69, 9.17) is 0 Å². The highest BCUT2D eigenvalue weighted by Crippen LogP contribution is 2.15. The first-order valence-corrected chi connectivity index (χ1v) is 6.40. The van der Waals surface area contributed by atoms with Gasteiger partial charge in [0.25, 0.3) is 0 Å². The summed E-state index contributed by atoms with van der Waals surface area (Å²) in [5, 5.41) is 23.4. The molecule has 1 aromatic heterocycles. The minimum absolute atomic E-state index is 0.512. The van der Waals surface area contributed by atoms with Gasteiger partial charge in [0.1, 0.15) is 0 Å². The van der Waals surface area contributed by atoms with Crippen molar-refractivity contribution in [3.63, 3.8) is 0 Å². The van der Waals surface area contributed by atoms with E-state index < -0.39 is 12.2 Å². The third kappa shape index (κ3) is 2.68. The van der Waals surface area contributed by atoms with E-state index in [0.29, 0.717) is 19.6 Å². The molecule has 1 aromatic carbocycles. The Bertz CT molecular complexity index is 531. The van der Waals surface area contributed by atoms with Gasteiger partial charge in [0, 0.05) is 31.4 Å². The van der Waals surface area contributed by atoms with Gasteiger partial charge in [-0.1, -0.05) is 18.2 Å². The van der Waals surface area contributed by atoms with Crippen LogP contribution >= 0.6 is 0 Å². The molecule has 0 aliphatic carbocycles. The smallest absolute Gasteiger partial charge is 0.0938 e. The summed E-state index contributed by atoms with van der Waals surface area (Å²) < 4.78 is 1.83. The Morgan fingerprint density at radius 3 is 2.47 bits per heavy atom. The number of hydrogen-bond donors (Lipinski definition) is 2. The average molecular weight is 259 g/mol. The number of nitrogens with zero attached hydrogens (tertiary/aromatic N) is 3. The van der Waals surface area contributed by atoms with E-state index in [1.807, 2.05) is 52.3 Å². The van der Waals surface area contributed by atoms with Crippen LogP contribution in [0.2, 0.25) is 0 Å². The molecule has 100 valence electrons. The van der Waals surface area contributed by atoms with Crippen LogP contribution in [0, 0.1) is 0 Å². The lowest BCUT2D eigenvalue weighted by atomic mass is 10.3. The number of aliphatic hydroxyl groups is 2. The number of β-amino-alcohol motifs (C(OH)–C–C–N with tert-alkyl or cyclic N) is 2. The molecule has 0 radical (unpaired) electrons. The van der Waals surface area contributed by atoms with Crippen molar-refractivity contribution in [1.82, 2.24) is 14.7 Å². The number of hydrogen-bond acceptors (Lipinski definition) is 4. The van der Waals surface area contributed by atoms with E-state index in [-0.39, 0.29) is 0 Å². The second-order valence-electron chi connectivity index (χ2n) is 4.96. The summed E-state index contributed by atoms with van der Waals surface area (Å²) in [6.45, 7) is 1.72. The lowest BCUT2D eigenvalue weighted by Crippen LogP contribution is -2.22. The maximum Gasteiger partial charge on any atom is 0.0938 e. The lowest BCUT2D eigenvalue weighted by molar-refractivity contribution is 0.0572. The van der Waals surface area contributed by atoms with Gasteiger partial charge >= 0.3 is 0 Å². The van der Waals surface area contributed by atoms with Crippen LogP contribution in [0.15, 0.2) is 42.7 Å². The normalized spacial score (nSPS) is 23.9. The van der Waals surface area contributed by atoms with Crippen LogP contribution in [0.1, 0.15) is 5.56 Å².